The van der Waals surface area contributed by atoms with Gasteiger partial charge in [-0.25, -0.2) is 4.79 Å². The molecule has 2 aromatic rings. The van der Waals surface area contributed by atoms with Crippen LogP contribution in [0.3, 0.4) is 0 Å². The Labute approximate surface area is 190 Å². The highest BCUT2D eigenvalue weighted by molar-refractivity contribution is 5.94. The van der Waals surface area contributed by atoms with E-state index in [2.05, 4.69) is 24.5 Å². The van der Waals surface area contributed by atoms with E-state index in [0.717, 1.165) is 42.9 Å². The fraction of sp³-hybridized carbons (Fsp3) is 0.440. The number of amides is 2. The number of carbonyl (C=O) groups is 2. The van der Waals surface area contributed by atoms with E-state index in [1.807, 2.05) is 53.4 Å². The number of hydrogen-bond acceptors (Lipinski definition) is 4. The largest absolute Gasteiger partial charge is 0.465 e. The molecule has 0 radical (unpaired) electrons. The van der Waals surface area contributed by atoms with E-state index in [1.54, 1.807) is 0 Å². The molecule has 0 saturated carbocycles. The molecule has 172 valence electrons. The second kappa shape index (κ2) is 11.4. The van der Waals surface area contributed by atoms with Gasteiger partial charge in [0.25, 0.3) is 5.91 Å². The summed E-state index contributed by atoms with van der Waals surface area (Å²) < 4.78 is 0. The molecule has 0 spiro atoms. The molecule has 1 aliphatic heterocycles. The zero-order valence-corrected chi connectivity index (χ0v) is 19.0. The molecule has 3 rings (SSSR count). The Morgan fingerprint density at radius 2 is 1.75 bits per heavy atom. The minimum atomic E-state index is -0.979. The van der Waals surface area contributed by atoms with Crippen LogP contribution in [0.25, 0.3) is 0 Å². The van der Waals surface area contributed by atoms with Gasteiger partial charge < -0.3 is 25.5 Å². The summed E-state index contributed by atoms with van der Waals surface area (Å²) in [5.41, 5.74) is 3.38. The van der Waals surface area contributed by atoms with Crippen molar-refractivity contribution < 1.29 is 14.7 Å². The molecule has 0 unspecified atom stereocenters. The highest BCUT2D eigenvalue weighted by Crippen LogP contribution is 2.21. The number of rotatable bonds is 9. The summed E-state index contributed by atoms with van der Waals surface area (Å²) in [4.78, 5) is 27.9. The third-order valence-electron chi connectivity index (χ3n) is 5.53. The molecule has 7 nitrogen and oxygen atoms in total. The second-order valence-corrected chi connectivity index (χ2v) is 8.53. The van der Waals surface area contributed by atoms with Crippen molar-refractivity contribution in [2.24, 2.45) is 0 Å². The van der Waals surface area contributed by atoms with Crippen LogP contribution in [-0.4, -0.2) is 59.1 Å². The van der Waals surface area contributed by atoms with E-state index in [0.29, 0.717) is 24.7 Å². The Bertz CT molecular complexity index is 910. The van der Waals surface area contributed by atoms with Crippen molar-refractivity contribution in [3.8, 4) is 0 Å². The van der Waals surface area contributed by atoms with Crippen LogP contribution in [0.2, 0.25) is 0 Å². The number of nitrogens with one attached hydrogen (secondary N) is 2. The van der Waals surface area contributed by atoms with E-state index in [4.69, 9.17) is 0 Å². The van der Waals surface area contributed by atoms with Gasteiger partial charge in [-0.05, 0) is 62.9 Å². The van der Waals surface area contributed by atoms with Gasteiger partial charge in [0.15, 0.2) is 0 Å². The topological polar surface area (TPSA) is 84.9 Å². The average molecular weight is 439 g/mol. The Morgan fingerprint density at radius 3 is 2.44 bits per heavy atom. The minimum absolute atomic E-state index is 0.0318. The molecule has 3 N–H and O–H groups in total. The van der Waals surface area contributed by atoms with Crippen LogP contribution in [0.1, 0.15) is 49.0 Å². The number of para-hydroxylation sites is 2. The van der Waals surface area contributed by atoms with Gasteiger partial charge >= 0.3 is 6.09 Å². The number of carboxylic acid groups (broad SMARTS) is 1. The maximum atomic E-state index is 12.8. The van der Waals surface area contributed by atoms with Crippen LogP contribution in [0.5, 0.6) is 0 Å². The Balaban J connectivity index is 1.60. The summed E-state index contributed by atoms with van der Waals surface area (Å²) in [6.45, 7) is 6.79. The molecule has 1 saturated heterocycles. The first-order valence-electron chi connectivity index (χ1n) is 11.4. The average Bonchev–Trinajstić information content (AvgIpc) is 2.79. The van der Waals surface area contributed by atoms with Gasteiger partial charge in [-0.3, -0.25) is 4.79 Å². The third-order valence-corrected chi connectivity index (χ3v) is 5.53. The van der Waals surface area contributed by atoms with Crippen molar-refractivity contribution in [3.63, 3.8) is 0 Å². The molecule has 1 fully saturated rings. The van der Waals surface area contributed by atoms with Crippen LogP contribution in [0.15, 0.2) is 48.5 Å². The number of anilines is 2. The zero-order valence-electron chi connectivity index (χ0n) is 19.0. The van der Waals surface area contributed by atoms with E-state index in [-0.39, 0.29) is 12.5 Å². The SMILES string of the molecule is CC(C)Nc1ccccc1NCCN(Cc1cccc(C(=O)N2CCCCC2)c1)C(=O)O. The van der Waals surface area contributed by atoms with Gasteiger partial charge in [0.1, 0.15) is 0 Å². The summed E-state index contributed by atoms with van der Waals surface area (Å²) in [5.74, 6) is 0.0318. The monoisotopic (exact) mass is 438 g/mol. The summed E-state index contributed by atoms with van der Waals surface area (Å²) >= 11 is 0. The number of carbonyl (C=O) groups excluding carboxylic acids is 1. The number of hydrogen-bond donors (Lipinski definition) is 3. The van der Waals surface area contributed by atoms with Gasteiger partial charge in [0, 0.05) is 44.3 Å². The maximum absolute atomic E-state index is 12.8. The van der Waals surface area contributed by atoms with Crippen LogP contribution in [0.4, 0.5) is 16.2 Å². The van der Waals surface area contributed by atoms with Crippen LogP contribution < -0.4 is 10.6 Å². The van der Waals surface area contributed by atoms with Gasteiger partial charge in [0.2, 0.25) is 0 Å². The van der Waals surface area contributed by atoms with Crippen LogP contribution >= 0.6 is 0 Å². The first-order chi connectivity index (χ1) is 15.4. The molecule has 2 aromatic carbocycles. The lowest BCUT2D eigenvalue weighted by molar-refractivity contribution is 0.0724. The zero-order chi connectivity index (χ0) is 22.9. The molecule has 0 aromatic heterocycles. The predicted octanol–water partition coefficient (Wildman–Crippen LogP) is 4.73. The maximum Gasteiger partial charge on any atom is 0.407 e. The van der Waals surface area contributed by atoms with E-state index < -0.39 is 6.09 Å². The fourth-order valence-corrected chi connectivity index (χ4v) is 3.94. The fourth-order valence-electron chi connectivity index (χ4n) is 3.94. The molecular weight excluding hydrogens is 404 g/mol. The Hall–Kier alpha value is -3.22. The summed E-state index contributed by atoms with van der Waals surface area (Å²) in [5, 5.41) is 16.4. The minimum Gasteiger partial charge on any atom is -0.465 e. The van der Waals surface area contributed by atoms with Crippen molar-refractivity contribution in [3.05, 3.63) is 59.7 Å². The van der Waals surface area contributed by atoms with Crippen LogP contribution in [-0.2, 0) is 6.54 Å². The lowest BCUT2D eigenvalue weighted by Gasteiger charge is -2.27. The Kier molecular flexibility index (Phi) is 8.36. The van der Waals surface area contributed by atoms with Crippen molar-refractivity contribution >= 4 is 23.4 Å². The molecule has 2 amide bonds. The number of likely N-dealkylation sites (tertiary alicyclic amines) is 1. The molecule has 0 aliphatic carbocycles. The Morgan fingerprint density at radius 1 is 1.03 bits per heavy atom. The number of piperidine rings is 1. The molecule has 7 heteroatoms. The van der Waals surface area contributed by atoms with Crippen molar-refractivity contribution in [1.29, 1.82) is 0 Å². The van der Waals surface area contributed by atoms with E-state index in [9.17, 15) is 14.7 Å². The standard InChI is InChI=1S/C25H34N4O3/c1-19(2)27-23-12-5-4-11-22(23)26-13-16-29(25(31)32)18-20-9-8-10-21(17-20)24(30)28-14-6-3-7-15-28/h4-5,8-12,17,19,26-27H,3,6-7,13-16,18H2,1-2H3,(H,31,32). The highest BCUT2D eigenvalue weighted by atomic mass is 16.4. The van der Waals surface area contributed by atoms with Gasteiger partial charge in [0.05, 0.1) is 11.4 Å². The van der Waals surface area contributed by atoms with Crippen molar-refractivity contribution in [2.45, 2.75) is 45.7 Å². The number of benzene rings is 2. The quantitative estimate of drug-likeness (QED) is 0.527. The third kappa shape index (κ3) is 6.64. The summed E-state index contributed by atoms with van der Waals surface area (Å²) in [6, 6.07) is 15.5. The van der Waals surface area contributed by atoms with Crippen molar-refractivity contribution in [2.75, 3.05) is 36.8 Å². The number of nitrogens with zero attached hydrogens (tertiary/aromatic N) is 2. The first-order valence-corrected chi connectivity index (χ1v) is 11.4. The summed E-state index contributed by atoms with van der Waals surface area (Å²) in [6.07, 6.45) is 2.28. The van der Waals surface area contributed by atoms with Gasteiger partial charge in [-0.1, -0.05) is 24.3 Å². The molecule has 1 heterocycles. The smallest absolute Gasteiger partial charge is 0.407 e. The predicted molar refractivity (Wildman–Crippen MR) is 128 cm³/mol. The first kappa shape index (κ1) is 23.4. The van der Waals surface area contributed by atoms with E-state index >= 15 is 0 Å². The second-order valence-electron chi connectivity index (χ2n) is 8.53. The molecule has 1 aliphatic rings. The molecule has 0 bridgehead atoms. The van der Waals surface area contributed by atoms with Crippen molar-refractivity contribution in [1.82, 2.24) is 9.80 Å². The molecule has 32 heavy (non-hydrogen) atoms. The molecule has 0 atom stereocenters. The van der Waals surface area contributed by atoms with Gasteiger partial charge in [-0.15, -0.1) is 0 Å². The summed E-state index contributed by atoms with van der Waals surface area (Å²) in [7, 11) is 0. The van der Waals surface area contributed by atoms with Gasteiger partial charge in [-0.2, -0.15) is 0 Å². The van der Waals surface area contributed by atoms with Crippen LogP contribution in [0, 0.1) is 0 Å². The highest BCUT2D eigenvalue weighted by Gasteiger charge is 2.19. The lowest BCUT2D eigenvalue weighted by atomic mass is 10.1. The molecular formula is C25H34N4O3. The normalized spacial score (nSPS) is 13.7. The lowest BCUT2D eigenvalue weighted by Crippen LogP contribution is -2.36. The van der Waals surface area contributed by atoms with E-state index in [1.165, 1.54) is 11.3 Å².